The summed E-state index contributed by atoms with van der Waals surface area (Å²) >= 11 is 0. The summed E-state index contributed by atoms with van der Waals surface area (Å²) in [5, 5.41) is 45.7. The summed E-state index contributed by atoms with van der Waals surface area (Å²) in [7, 11) is 5.44. The monoisotopic (exact) mass is 660 g/mol. The van der Waals surface area contributed by atoms with Gasteiger partial charge in [0.25, 0.3) is 0 Å². The van der Waals surface area contributed by atoms with Gasteiger partial charge in [-0.15, -0.1) is 0 Å². The topological polar surface area (TPSA) is 176 Å². The normalized spacial score (nSPS) is 42.7. The molecule has 0 unspecified atom stereocenters. The standard InChI is InChI=1S/C33H60N2O11/c1-12-24-33(8,42)29(40)21(6)35(11)17-18(3)14-23(36)27(46-30-26(38)22(34(9)10)15-19(4)44-30)20(5)28(39)32(7,31(41)45-24)16-25(37)43-13-2/h18-24,26-27,29-30,36,38,40,42H,12-17H2,1-11H3/t18-,19-,20-,21-,22+,23-,24-,26-,27-,29-,30+,32+,33-/m1/s1. The van der Waals surface area contributed by atoms with Crippen molar-refractivity contribution in [2.45, 2.75) is 142 Å². The van der Waals surface area contributed by atoms with Crippen molar-refractivity contribution >= 4 is 17.7 Å². The number of aliphatic hydroxyl groups excluding tert-OH is 3. The van der Waals surface area contributed by atoms with Crippen LogP contribution in [-0.4, -0.2) is 143 Å². The zero-order valence-corrected chi connectivity index (χ0v) is 29.6. The molecule has 2 aliphatic rings. The average Bonchev–Trinajstić information content (AvgIpc) is 2.97. The van der Waals surface area contributed by atoms with Gasteiger partial charge >= 0.3 is 11.9 Å². The fourth-order valence-corrected chi connectivity index (χ4v) is 6.84. The van der Waals surface area contributed by atoms with Crippen LogP contribution >= 0.6 is 0 Å². The van der Waals surface area contributed by atoms with E-state index in [1.165, 1.54) is 20.8 Å². The fourth-order valence-electron chi connectivity index (χ4n) is 6.84. The lowest BCUT2D eigenvalue weighted by Crippen LogP contribution is -2.59. The van der Waals surface area contributed by atoms with E-state index in [-0.39, 0.29) is 37.5 Å². The van der Waals surface area contributed by atoms with Crippen molar-refractivity contribution in [3.05, 3.63) is 0 Å². The molecule has 0 saturated carbocycles. The minimum absolute atomic E-state index is 0.0159. The molecule has 0 radical (unpaired) electrons. The lowest BCUT2D eigenvalue weighted by atomic mass is 9.74. The first kappa shape index (κ1) is 40.5. The Balaban J connectivity index is 2.68. The van der Waals surface area contributed by atoms with E-state index in [0.717, 1.165) is 0 Å². The van der Waals surface area contributed by atoms with Gasteiger partial charge in [0.1, 0.15) is 29.3 Å². The van der Waals surface area contributed by atoms with Crippen LogP contribution in [0.2, 0.25) is 0 Å². The number of rotatable bonds is 7. The third kappa shape index (κ3) is 9.25. The largest absolute Gasteiger partial charge is 0.466 e. The molecule has 0 amide bonds. The van der Waals surface area contributed by atoms with Crippen LogP contribution in [0.3, 0.4) is 0 Å². The first-order chi connectivity index (χ1) is 21.2. The van der Waals surface area contributed by atoms with E-state index in [1.807, 2.05) is 37.7 Å². The molecule has 0 bridgehead atoms. The van der Waals surface area contributed by atoms with E-state index in [4.69, 9.17) is 18.9 Å². The molecule has 2 saturated heterocycles. The quantitative estimate of drug-likeness (QED) is 0.226. The van der Waals surface area contributed by atoms with Crippen molar-refractivity contribution < 1.29 is 53.8 Å². The number of hydrogen-bond donors (Lipinski definition) is 4. The highest BCUT2D eigenvalue weighted by Crippen LogP contribution is 2.37. The van der Waals surface area contributed by atoms with Crippen LogP contribution in [-0.2, 0) is 33.3 Å². The van der Waals surface area contributed by atoms with Gasteiger partial charge in [-0.25, -0.2) is 0 Å². The number of ketones is 1. The number of hydrogen-bond acceptors (Lipinski definition) is 13. The number of Topliss-reactive ketones (excluding diaryl/α,β-unsaturated/α-hetero) is 1. The SMILES string of the molecule is CCOC(=O)C[C@]1(C)C(=O)O[C@H](CC)[C@@](C)(O)[C@H](O)[C@@H](C)N(C)C[C@H](C)C[C@@H](O)[C@H](O[C@@H]2O[C@H](C)C[C@H](N(C)C)[C@H]2O)[C@@H](C)C1=O. The highest BCUT2D eigenvalue weighted by Gasteiger charge is 2.53. The van der Waals surface area contributed by atoms with E-state index < -0.39 is 83.9 Å². The molecule has 0 aromatic heterocycles. The molecule has 0 aromatic carbocycles. The Morgan fingerprint density at radius 2 is 1.67 bits per heavy atom. The minimum Gasteiger partial charge on any atom is -0.466 e. The summed E-state index contributed by atoms with van der Waals surface area (Å²) < 4.78 is 23.2. The van der Waals surface area contributed by atoms with Crippen molar-refractivity contribution in [1.82, 2.24) is 9.80 Å². The highest BCUT2D eigenvalue weighted by molar-refractivity contribution is 6.07. The predicted octanol–water partition coefficient (Wildman–Crippen LogP) is 1.12. The number of esters is 2. The van der Waals surface area contributed by atoms with Gasteiger partial charge in [0, 0.05) is 24.5 Å². The van der Waals surface area contributed by atoms with Gasteiger partial charge in [0.2, 0.25) is 0 Å². The lowest BCUT2D eigenvalue weighted by molar-refractivity contribution is -0.283. The number of nitrogens with zero attached hydrogens (tertiary/aromatic N) is 2. The maximum Gasteiger partial charge on any atom is 0.320 e. The Hall–Kier alpha value is -1.71. The zero-order chi connectivity index (χ0) is 35.3. The number of likely N-dealkylation sites (N-methyl/N-ethyl adjacent to an activating group) is 2. The minimum atomic E-state index is -2.11. The van der Waals surface area contributed by atoms with Crippen LogP contribution in [0.25, 0.3) is 0 Å². The molecule has 0 aromatic rings. The van der Waals surface area contributed by atoms with Crippen LogP contribution in [0.15, 0.2) is 0 Å². The van der Waals surface area contributed by atoms with E-state index in [1.54, 1.807) is 27.8 Å². The van der Waals surface area contributed by atoms with E-state index in [0.29, 0.717) is 13.0 Å². The second kappa shape index (κ2) is 16.6. The molecule has 2 fully saturated rings. The number of ether oxygens (including phenoxy) is 4. The second-order valence-electron chi connectivity index (χ2n) is 14.2. The summed E-state index contributed by atoms with van der Waals surface area (Å²) in [4.78, 5) is 45.0. The Kier molecular flexibility index (Phi) is 14.6. The van der Waals surface area contributed by atoms with Crippen LogP contribution in [0, 0.1) is 17.3 Å². The van der Waals surface area contributed by atoms with Crippen molar-refractivity contribution in [3.63, 3.8) is 0 Å². The Labute approximate surface area is 274 Å². The third-order valence-corrected chi connectivity index (χ3v) is 9.92. The smallest absolute Gasteiger partial charge is 0.320 e. The summed E-state index contributed by atoms with van der Waals surface area (Å²) in [6.07, 6.45) is -7.56. The van der Waals surface area contributed by atoms with Gasteiger partial charge in [0.15, 0.2) is 12.1 Å². The molecular weight excluding hydrogens is 600 g/mol. The maximum atomic E-state index is 14.4. The highest BCUT2D eigenvalue weighted by atomic mass is 16.7. The van der Waals surface area contributed by atoms with Crippen LogP contribution < -0.4 is 0 Å². The van der Waals surface area contributed by atoms with Crippen molar-refractivity contribution in [2.24, 2.45) is 17.3 Å². The number of cyclic esters (lactones) is 1. The molecule has 268 valence electrons. The predicted molar refractivity (Wildman–Crippen MR) is 170 cm³/mol. The molecule has 46 heavy (non-hydrogen) atoms. The zero-order valence-electron chi connectivity index (χ0n) is 29.6. The summed E-state index contributed by atoms with van der Waals surface area (Å²) in [5.41, 5.74) is -4.03. The molecule has 13 heteroatoms. The van der Waals surface area contributed by atoms with Gasteiger partial charge in [-0.2, -0.15) is 0 Å². The molecule has 2 heterocycles. The molecule has 2 aliphatic heterocycles. The van der Waals surface area contributed by atoms with Crippen LogP contribution in [0.1, 0.15) is 81.1 Å². The van der Waals surface area contributed by atoms with Gasteiger partial charge < -0.3 is 49.2 Å². The number of aliphatic hydroxyl groups is 4. The second-order valence-corrected chi connectivity index (χ2v) is 14.2. The first-order valence-corrected chi connectivity index (χ1v) is 16.6. The van der Waals surface area contributed by atoms with E-state index in [2.05, 4.69) is 0 Å². The molecule has 2 rings (SSSR count). The maximum absolute atomic E-state index is 14.4. The number of carbonyl (C=O) groups excluding carboxylic acids is 3. The molecular formula is C33H60N2O11. The Morgan fingerprint density at radius 3 is 2.22 bits per heavy atom. The Morgan fingerprint density at radius 1 is 1.07 bits per heavy atom. The van der Waals surface area contributed by atoms with Crippen LogP contribution in [0.5, 0.6) is 0 Å². The molecule has 13 nitrogen and oxygen atoms in total. The van der Waals surface area contributed by atoms with E-state index >= 15 is 0 Å². The van der Waals surface area contributed by atoms with Crippen molar-refractivity contribution in [3.8, 4) is 0 Å². The summed E-state index contributed by atoms with van der Waals surface area (Å²) in [5.74, 6) is -4.01. The average molecular weight is 661 g/mol. The third-order valence-electron chi connectivity index (χ3n) is 9.92. The molecule has 0 aliphatic carbocycles. The molecule has 13 atom stereocenters. The first-order valence-electron chi connectivity index (χ1n) is 16.6. The lowest BCUT2D eigenvalue weighted by Gasteiger charge is -2.44. The summed E-state index contributed by atoms with van der Waals surface area (Å²) in [6.45, 7) is 13.3. The molecule has 0 spiro atoms. The van der Waals surface area contributed by atoms with Gasteiger partial charge in [-0.3, -0.25) is 14.4 Å². The number of carbonyl (C=O) groups is 3. The summed E-state index contributed by atoms with van der Waals surface area (Å²) in [6, 6.07) is -0.913. The van der Waals surface area contributed by atoms with E-state index in [9.17, 15) is 34.8 Å². The van der Waals surface area contributed by atoms with Gasteiger partial charge in [-0.1, -0.05) is 20.8 Å². The van der Waals surface area contributed by atoms with Crippen molar-refractivity contribution in [2.75, 3.05) is 34.3 Å². The van der Waals surface area contributed by atoms with Gasteiger partial charge in [0.05, 0.1) is 31.3 Å². The fraction of sp³-hybridized carbons (Fsp3) is 0.909. The van der Waals surface area contributed by atoms with Crippen molar-refractivity contribution in [1.29, 1.82) is 0 Å². The molecule has 4 N–H and O–H groups in total. The van der Waals surface area contributed by atoms with Gasteiger partial charge in [-0.05, 0) is 80.9 Å². The Bertz CT molecular complexity index is 1030. The van der Waals surface area contributed by atoms with Crippen LogP contribution in [0.4, 0.5) is 0 Å².